The summed E-state index contributed by atoms with van der Waals surface area (Å²) in [5.74, 6) is -1.52. The summed E-state index contributed by atoms with van der Waals surface area (Å²) in [7, 11) is 0. The van der Waals surface area contributed by atoms with E-state index in [-0.39, 0.29) is 11.3 Å². The topological polar surface area (TPSA) is 60.9 Å². The number of Topliss-reactive ketones (excluding diaryl/α,β-unsaturated/α-hetero) is 1. The van der Waals surface area contributed by atoms with E-state index in [1.165, 1.54) is 0 Å². The van der Waals surface area contributed by atoms with Crippen LogP contribution in [0.15, 0.2) is 54.1 Å². The van der Waals surface area contributed by atoms with Crippen molar-refractivity contribution in [2.24, 2.45) is 0 Å². The molecule has 1 heterocycles. The molecule has 0 saturated carbocycles. The fourth-order valence-corrected chi connectivity index (χ4v) is 4.23. The van der Waals surface area contributed by atoms with Gasteiger partial charge in [0.05, 0.1) is 11.6 Å². The molecule has 1 unspecified atom stereocenters. The van der Waals surface area contributed by atoms with Crippen LogP contribution in [0.1, 0.15) is 37.4 Å². The first-order chi connectivity index (χ1) is 14.9. The van der Waals surface area contributed by atoms with E-state index in [9.17, 15) is 14.7 Å². The highest BCUT2D eigenvalue weighted by molar-refractivity contribution is 6.46. The van der Waals surface area contributed by atoms with E-state index in [0.717, 1.165) is 19.6 Å². The molecule has 7 heteroatoms. The number of hydrogen-bond donors (Lipinski definition) is 1. The van der Waals surface area contributed by atoms with Gasteiger partial charge < -0.3 is 14.9 Å². The van der Waals surface area contributed by atoms with Gasteiger partial charge in [-0.15, -0.1) is 0 Å². The second kappa shape index (κ2) is 10.3. The molecule has 0 radical (unpaired) electrons. The first-order valence-electron chi connectivity index (χ1n) is 10.4. The minimum atomic E-state index is -0.703. The third-order valence-corrected chi connectivity index (χ3v) is 6.08. The standard InChI is InChI=1S/C24H26Cl2N2O3/c1-3-27(4-2)13-6-14-28-21(17-7-5-8-19(26)15-17)20(23(30)24(28)31)22(29)16-9-11-18(25)12-10-16/h5,7-12,15,21,29H,3-4,6,13-14H2,1-2H3/b22-20+. The van der Waals surface area contributed by atoms with Gasteiger partial charge in [-0.05, 0) is 68.0 Å². The lowest BCUT2D eigenvalue weighted by Gasteiger charge is -2.27. The normalized spacial score (nSPS) is 18.2. The average molecular weight is 461 g/mol. The zero-order chi connectivity index (χ0) is 22.5. The van der Waals surface area contributed by atoms with E-state index in [0.29, 0.717) is 34.1 Å². The van der Waals surface area contributed by atoms with Crippen LogP contribution in [0.3, 0.4) is 0 Å². The van der Waals surface area contributed by atoms with Gasteiger partial charge in [-0.3, -0.25) is 9.59 Å². The van der Waals surface area contributed by atoms with Crippen LogP contribution in [0.25, 0.3) is 5.76 Å². The van der Waals surface area contributed by atoms with Gasteiger partial charge in [0, 0.05) is 22.2 Å². The first-order valence-corrected chi connectivity index (χ1v) is 11.1. The highest BCUT2D eigenvalue weighted by atomic mass is 35.5. The molecule has 1 aliphatic rings. The fourth-order valence-electron chi connectivity index (χ4n) is 3.90. The van der Waals surface area contributed by atoms with Gasteiger partial charge in [0.2, 0.25) is 0 Å². The van der Waals surface area contributed by atoms with Crippen LogP contribution in [0.4, 0.5) is 0 Å². The summed E-state index contributed by atoms with van der Waals surface area (Å²) in [4.78, 5) is 29.8. The van der Waals surface area contributed by atoms with Crippen molar-refractivity contribution >= 4 is 40.7 Å². The molecule has 1 amide bonds. The Balaban J connectivity index is 2.02. The molecule has 1 N–H and O–H groups in total. The summed E-state index contributed by atoms with van der Waals surface area (Å²) in [5, 5.41) is 12.0. The van der Waals surface area contributed by atoms with Gasteiger partial charge in [0.25, 0.3) is 11.7 Å². The molecule has 31 heavy (non-hydrogen) atoms. The zero-order valence-corrected chi connectivity index (χ0v) is 19.2. The summed E-state index contributed by atoms with van der Waals surface area (Å²) < 4.78 is 0. The Bertz CT molecular complexity index is 985. The molecular formula is C24H26Cl2N2O3. The largest absolute Gasteiger partial charge is 0.507 e. The van der Waals surface area contributed by atoms with Gasteiger partial charge in [0.15, 0.2) is 0 Å². The highest BCUT2D eigenvalue weighted by Gasteiger charge is 2.45. The van der Waals surface area contributed by atoms with Crippen LogP contribution in [-0.2, 0) is 9.59 Å². The summed E-state index contributed by atoms with van der Waals surface area (Å²) in [6, 6.07) is 12.9. The maximum Gasteiger partial charge on any atom is 0.295 e. The van der Waals surface area contributed by atoms with Crippen LogP contribution in [0, 0.1) is 0 Å². The number of amides is 1. The van der Waals surface area contributed by atoms with Gasteiger partial charge >= 0.3 is 0 Å². The van der Waals surface area contributed by atoms with Crippen molar-refractivity contribution in [3.8, 4) is 0 Å². The lowest BCUT2D eigenvalue weighted by Crippen LogP contribution is -2.33. The number of halogens is 2. The van der Waals surface area contributed by atoms with E-state index in [1.807, 2.05) is 6.07 Å². The molecule has 0 aliphatic carbocycles. The Hall–Kier alpha value is -2.34. The van der Waals surface area contributed by atoms with Crippen molar-refractivity contribution in [3.05, 3.63) is 75.3 Å². The van der Waals surface area contributed by atoms with E-state index in [4.69, 9.17) is 23.2 Å². The molecular weight excluding hydrogens is 435 g/mol. The molecule has 2 aromatic carbocycles. The third-order valence-electron chi connectivity index (χ3n) is 5.59. The van der Waals surface area contributed by atoms with Gasteiger partial charge in [-0.2, -0.15) is 0 Å². The maximum atomic E-state index is 13.0. The van der Waals surface area contributed by atoms with Crippen LogP contribution >= 0.6 is 23.2 Å². The Morgan fingerprint density at radius 1 is 1.03 bits per heavy atom. The second-order valence-corrected chi connectivity index (χ2v) is 8.31. The second-order valence-electron chi connectivity index (χ2n) is 7.43. The summed E-state index contributed by atoms with van der Waals surface area (Å²) >= 11 is 12.2. The maximum absolute atomic E-state index is 13.0. The molecule has 0 bridgehead atoms. The van der Waals surface area contributed by atoms with Gasteiger partial charge in [0.1, 0.15) is 5.76 Å². The quantitative estimate of drug-likeness (QED) is 0.336. The molecule has 1 saturated heterocycles. The molecule has 2 aromatic rings. The minimum absolute atomic E-state index is 0.0671. The Morgan fingerprint density at radius 3 is 2.32 bits per heavy atom. The van der Waals surface area contributed by atoms with E-state index in [1.54, 1.807) is 47.4 Å². The van der Waals surface area contributed by atoms with Gasteiger partial charge in [-0.25, -0.2) is 0 Å². The van der Waals surface area contributed by atoms with Crippen LogP contribution in [0.5, 0.6) is 0 Å². The number of carbonyl (C=O) groups excluding carboxylic acids is 2. The molecule has 1 aliphatic heterocycles. The number of aliphatic hydroxyl groups excluding tert-OH is 1. The van der Waals surface area contributed by atoms with Crippen LogP contribution < -0.4 is 0 Å². The summed E-state index contributed by atoms with van der Waals surface area (Å²) in [5.41, 5.74) is 1.18. The van der Waals surface area contributed by atoms with E-state index >= 15 is 0 Å². The smallest absolute Gasteiger partial charge is 0.295 e. The lowest BCUT2D eigenvalue weighted by atomic mass is 9.95. The Labute approximate surface area is 192 Å². The predicted octanol–water partition coefficient (Wildman–Crippen LogP) is 5.15. The SMILES string of the molecule is CCN(CC)CCCN1C(=O)C(=O)/C(=C(/O)c2ccc(Cl)cc2)C1c1cccc(Cl)c1. The van der Waals surface area contributed by atoms with E-state index in [2.05, 4.69) is 18.7 Å². The highest BCUT2D eigenvalue weighted by Crippen LogP contribution is 2.40. The number of hydrogen-bond acceptors (Lipinski definition) is 4. The molecule has 164 valence electrons. The molecule has 0 spiro atoms. The average Bonchev–Trinajstić information content (AvgIpc) is 3.01. The number of ketones is 1. The summed E-state index contributed by atoms with van der Waals surface area (Å²) in [6.07, 6.45) is 0.715. The van der Waals surface area contributed by atoms with Crippen LogP contribution in [-0.4, -0.2) is 52.8 Å². The molecule has 3 rings (SSSR count). The number of nitrogens with zero attached hydrogens (tertiary/aromatic N) is 2. The molecule has 5 nitrogen and oxygen atoms in total. The van der Waals surface area contributed by atoms with E-state index < -0.39 is 17.7 Å². The zero-order valence-electron chi connectivity index (χ0n) is 17.6. The number of carbonyl (C=O) groups is 2. The van der Waals surface area contributed by atoms with Crippen molar-refractivity contribution in [2.45, 2.75) is 26.3 Å². The van der Waals surface area contributed by atoms with Crippen LogP contribution in [0.2, 0.25) is 10.0 Å². The Morgan fingerprint density at radius 2 is 1.71 bits per heavy atom. The van der Waals surface area contributed by atoms with Gasteiger partial charge in [-0.1, -0.05) is 49.2 Å². The molecule has 0 aromatic heterocycles. The molecule has 1 atom stereocenters. The first kappa shape index (κ1) is 23.3. The minimum Gasteiger partial charge on any atom is -0.507 e. The predicted molar refractivity (Wildman–Crippen MR) is 124 cm³/mol. The van der Waals surface area contributed by atoms with Crippen molar-refractivity contribution < 1.29 is 14.7 Å². The number of likely N-dealkylation sites (tertiary alicyclic amines) is 1. The monoisotopic (exact) mass is 460 g/mol. The molecule has 1 fully saturated rings. The lowest BCUT2D eigenvalue weighted by molar-refractivity contribution is -0.140. The fraction of sp³-hybridized carbons (Fsp3) is 0.333. The third kappa shape index (κ3) is 5.12. The number of rotatable bonds is 8. The van der Waals surface area contributed by atoms with Crippen molar-refractivity contribution in [1.82, 2.24) is 9.80 Å². The Kier molecular flexibility index (Phi) is 7.76. The number of benzene rings is 2. The van der Waals surface area contributed by atoms with Crippen molar-refractivity contribution in [1.29, 1.82) is 0 Å². The number of aliphatic hydroxyl groups is 1. The summed E-state index contributed by atoms with van der Waals surface area (Å²) in [6.45, 7) is 7.24. The van der Waals surface area contributed by atoms with Crippen molar-refractivity contribution in [2.75, 3.05) is 26.2 Å². The van der Waals surface area contributed by atoms with Crippen molar-refractivity contribution in [3.63, 3.8) is 0 Å².